The number of para-hydroxylation sites is 1. The molecule has 4 aromatic rings. The lowest BCUT2D eigenvalue weighted by molar-refractivity contribution is 0.0700. The Morgan fingerprint density at radius 2 is 1.64 bits per heavy atom. The largest absolute Gasteiger partial charge is 0.336 e. The SMILES string of the molecule is O=C(c1cn(-c2ncccn2)c2ccccc12)N1CCN(S(=O)(=O)c2cccc(Cl)c2)CC1. The van der Waals surface area contributed by atoms with E-state index in [0.29, 0.717) is 29.6 Å². The van der Waals surface area contributed by atoms with E-state index in [1.807, 2.05) is 24.3 Å². The first kappa shape index (κ1) is 21.6. The number of hydrogen-bond donors (Lipinski definition) is 0. The molecular weight excluding hydrogens is 462 g/mol. The number of halogens is 1. The summed E-state index contributed by atoms with van der Waals surface area (Å²) in [5.74, 6) is 0.325. The van der Waals surface area contributed by atoms with E-state index >= 15 is 0 Å². The number of rotatable bonds is 4. The van der Waals surface area contributed by atoms with Crippen LogP contribution in [-0.4, -0.2) is 64.2 Å². The van der Waals surface area contributed by atoms with Crippen LogP contribution in [0, 0.1) is 0 Å². The van der Waals surface area contributed by atoms with E-state index in [1.165, 1.54) is 16.4 Å². The molecule has 8 nitrogen and oxygen atoms in total. The molecule has 5 rings (SSSR count). The van der Waals surface area contributed by atoms with Crippen LogP contribution in [-0.2, 0) is 10.0 Å². The van der Waals surface area contributed by atoms with Crippen LogP contribution >= 0.6 is 11.6 Å². The average molecular weight is 482 g/mol. The minimum Gasteiger partial charge on any atom is -0.336 e. The molecule has 0 unspecified atom stereocenters. The highest BCUT2D eigenvalue weighted by Gasteiger charge is 2.31. The topological polar surface area (TPSA) is 88.4 Å². The van der Waals surface area contributed by atoms with Gasteiger partial charge < -0.3 is 4.90 Å². The van der Waals surface area contributed by atoms with Crippen molar-refractivity contribution in [3.63, 3.8) is 0 Å². The van der Waals surface area contributed by atoms with Gasteiger partial charge in [0.25, 0.3) is 5.91 Å². The first-order chi connectivity index (χ1) is 15.9. The maximum Gasteiger partial charge on any atom is 0.256 e. The third-order valence-electron chi connectivity index (χ3n) is 5.67. The number of piperazine rings is 1. The van der Waals surface area contributed by atoms with E-state index in [0.717, 1.165) is 10.9 Å². The van der Waals surface area contributed by atoms with Crippen LogP contribution in [0.1, 0.15) is 10.4 Å². The fraction of sp³-hybridized carbons (Fsp3) is 0.174. The second-order valence-electron chi connectivity index (χ2n) is 7.63. The summed E-state index contributed by atoms with van der Waals surface area (Å²) < 4.78 is 29.1. The molecule has 0 aliphatic carbocycles. The third-order valence-corrected chi connectivity index (χ3v) is 7.80. The smallest absolute Gasteiger partial charge is 0.256 e. The van der Waals surface area contributed by atoms with Gasteiger partial charge in [-0.2, -0.15) is 4.31 Å². The van der Waals surface area contributed by atoms with Crippen molar-refractivity contribution in [2.45, 2.75) is 4.90 Å². The minimum absolute atomic E-state index is 0.152. The summed E-state index contributed by atoms with van der Waals surface area (Å²) in [7, 11) is -3.67. The second-order valence-corrected chi connectivity index (χ2v) is 10.0. The van der Waals surface area contributed by atoms with Gasteiger partial charge in [0.1, 0.15) is 0 Å². The molecule has 0 N–H and O–H groups in total. The number of hydrogen-bond acceptors (Lipinski definition) is 5. The summed E-state index contributed by atoms with van der Waals surface area (Å²) in [6, 6.07) is 15.5. The Morgan fingerprint density at radius 1 is 0.909 bits per heavy atom. The molecule has 1 fully saturated rings. The number of carbonyl (C=O) groups is 1. The lowest BCUT2D eigenvalue weighted by Crippen LogP contribution is -2.50. The second kappa shape index (κ2) is 8.58. The van der Waals surface area contributed by atoms with Gasteiger partial charge in [0, 0.05) is 55.2 Å². The summed E-state index contributed by atoms with van der Waals surface area (Å²) in [6.07, 6.45) is 5.05. The molecule has 0 radical (unpaired) electrons. The summed E-state index contributed by atoms with van der Waals surface area (Å²) >= 11 is 5.97. The van der Waals surface area contributed by atoms with Crippen molar-refractivity contribution in [1.82, 2.24) is 23.7 Å². The number of sulfonamides is 1. The predicted octanol–water partition coefficient (Wildman–Crippen LogP) is 3.22. The van der Waals surface area contributed by atoms with Crippen molar-refractivity contribution in [2.24, 2.45) is 0 Å². The van der Waals surface area contributed by atoms with E-state index in [2.05, 4.69) is 9.97 Å². The van der Waals surface area contributed by atoms with Crippen molar-refractivity contribution in [3.8, 4) is 5.95 Å². The van der Waals surface area contributed by atoms with Crippen molar-refractivity contribution in [2.75, 3.05) is 26.2 Å². The molecule has 0 bridgehead atoms. The zero-order valence-corrected chi connectivity index (χ0v) is 19.1. The van der Waals surface area contributed by atoms with Gasteiger partial charge in [-0.3, -0.25) is 9.36 Å². The van der Waals surface area contributed by atoms with Crippen molar-refractivity contribution in [3.05, 3.63) is 83.8 Å². The molecule has 0 saturated carbocycles. The third kappa shape index (κ3) is 3.99. The molecule has 2 aromatic carbocycles. The van der Waals surface area contributed by atoms with Gasteiger partial charge in [-0.15, -0.1) is 0 Å². The van der Waals surface area contributed by atoms with Crippen LogP contribution in [0.15, 0.2) is 78.1 Å². The quantitative estimate of drug-likeness (QED) is 0.446. The Kier molecular flexibility index (Phi) is 5.61. The Hall–Kier alpha value is -3.27. The zero-order chi connectivity index (χ0) is 23.0. The Bertz CT molecular complexity index is 1430. The van der Waals surface area contributed by atoms with Crippen molar-refractivity contribution < 1.29 is 13.2 Å². The highest BCUT2D eigenvalue weighted by molar-refractivity contribution is 7.89. The van der Waals surface area contributed by atoms with Gasteiger partial charge in [-0.25, -0.2) is 18.4 Å². The zero-order valence-electron chi connectivity index (χ0n) is 17.5. The summed E-state index contributed by atoms with van der Waals surface area (Å²) in [6.45, 7) is 1.00. The van der Waals surface area contributed by atoms with Crippen LogP contribution < -0.4 is 0 Å². The van der Waals surface area contributed by atoms with Gasteiger partial charge in [0.2, 0.25) is 16.0 Å². The number of benzene rings is 2. The highest BCUT2D eigenvalue weighted by Crippen LogP contribution is 2.26. The molecule has 1 saturated heterocycles. The number of aromatic nitrogens is 3. The first-order valence-corrected chi connectivity index (χ1v) is 12.2. The molecule has 2 aromatic heterocycles. The molecule has 33 heavy (non-hydrogen) atoms. The summed E-state index contributed by atoms with van der Waals surface area (Å²) in [5.41, 5.74) is 1.36. The molecule has 0 spiro atoms. The number of nitrogens with zero attached hydrogens (tertiary/aromatic N) is 5. The molecule has 1 aliphatic rings. The van der Waals surface area contributed by atoms with Gasteiger partial charge in [-0.05, 0) is 30.3 Å². The Morgan fingerprint density at radius 3 is 2.36 bits per heavy atom. The fourth-order valence-electron chi connectivity index (χ4n) is 4.01. The number of fused-ring (bicyclic) bond motifs is 1. The van der Waals surface area contributed by atoms with Crippen LogP contribution in [0.25, 0.3) is 16.9 Å². The maximum absolute atomic E-state index is 13.4. The van der Waals surface area contributed by atoms with Crippen LogP contribution in [0.4, 0.5) is 0 Å². The van der Waals surface area contributed by atoms with Gasteiger partial charge >= 0.3 is 0 Å². The predicted molar refractivity (Wildman–Crippen MR) is 125 cm³/mol. The lowest BCUT2D eigenvalue weighted by atomic mass is 10.1. The Labute approximate surface area is 196 Å². The Balaban J connectivity index is 1.39. The van der Waals surface area contributed by atoms with Crippen LogP contribution in [0.3, 0.4) is 0 Å². The molecular formula is C23H20ClN5O3S. The minimum atomic E-state index is -3.67. The van der Waals surface area contributed by atoms with Crippen molar-refractivity contribution in [1.29, 1.82) is 0 Å². The maximum atomic E-state index is 13.4. The van der Waals surface area contributed by atoms with E-state index in [-0.39, 0.29) is 23.9 Å². The van der Waals surface area contributed by atoms with E-state index in [4.69, 9.17) is 11.6 Å². The highest BCUT2D eigenvalue weighted by atomic mass is 35.5. The van der Waals surface area contributed by atoms with Gasteiger partial charge in [0.15, 0.2) is 0 Å². The molecule has 3 heterocycles. The van der Waals surface area contributed by atoms with Crippen molar-refractivity contribution >= 4 is 38.4 Å². The van der Waals surface area contributed by atoms with Gasteiger partial charge in [0.05, 0.1) is 16.0 Å². The standard InChI is InChI=1S/C23H20ClN5O3S/c24-17-5-3-6-18(15-17)33(31,32)28-13-11-27(12-14-28)22(30)20-16-29(23-25-9-4-10-26-23)21-8-2-1-7-19(20)21/h1-10,15-16H,11-14H2. The van der Waals surface area contributed by atoms with E-state index in [9.17, 15) is 13.2 Å². The molecule has 0 atom stereocenters. The fourth-order valence-corrected chi connectivity index (χ4v) is 5.73. The molecule has 168 valence electrons. The van der Waals surface area contributed by atoms with Gasteiger partial charge in [-0.1, -0.05) is 35.9 Å². The van der Waals surface area contributed by atoms with E-state index < -0.39 is 10.0 Å². The normalized spacial score (nSPS) is 15.1. The lowest BCUT2D eigenvalue weighted by Gasteiger charge is -2.34. The summed E-state index contributed by atoms with van der Waals surface area (Å²) in [5, 5.41) is 1.16. The molecule has 1 aliphatic heterocycles. The van der Waals surface area contributed by atoms with Crippen LogP contribution in [0.2, 0.25) is 5.02 Å². The molecule has 10 heteroatoms. The van der Waals surface area contributed by atoms with Crippen LogP contribution in [0.5, 0.6) is 0 Å². The summed E-state index contributed by atoms with van der Waals surface area (Å²) in [4.78, 5) is 23.9. The van der Waals surface area contributed by atoms with E-state index in [1.54, 1.807) is 46.3 Å². The first-order valence-electron chi connectivity index (χ1n) is 10.4. The monoisotopic (exact) mass is 481 g/mol. The number of amides is 1. The average Bonchev–Trinajstić information content (AvgIpc) is 3.24. The number of carbonyl (C=O) groups excluding carboxylic acids is 1. The molecule has 1 amide bonds.